The zero-order valence-corrected chi connectivity index (χ0v) is 14.5. The molecule has 0 atom stereocenters. The second kappa shape index (κ2) is 7.02. The number of hydrogen-bond acceptors (Lipinski definition) is 7. The minimum Gasteiger partial charge on any atom is -0.493 e. The minimum absolute atomic E-state index is 0.0268. The monoisotopic (exact) mass is 366 g/mol. The molecule has 1 saturated heterocycles. The lowest BCUT2D eigenvalue weighted by molar-refractivity contribution is -0.127. The maximum absolute atomic E-state index is 11.7. The number of aromatic hydroxyl groups is 1. The van der Waals surface area contributed by atoms with E-state index >= 15 is 0 Å². The lowest BCUT2D eigenvalue weighted by Crippen LogP contribution is -2.38. The molecule has 138 valence electrons. The second-order valence-corrected chi connectivity index (χ2v) is 6.24. The first-order valence-electron chi connectivity index (χ1n) is 8.58. The van der Waals surface area contributed by atoms with Crippen LogP contribution in [0.2, 0.25) is 0 Å². The largest absolute Gasteiger partial charge is 0.493 e. The Kier molecular flexibility index (Phi) is 4.41. The number of likely N-dealkylation sites (tertiary alicyclic amines) is 1. The molecule has 1 aliphatic heterocycles. The summed E-state index contributed by atoms with van der Waals surface area (Å²) in [5, 5.41) is 14.9. The fourth-order valence-electron chi connectivity index (χ4n) is 3.15. The fourth-order valence-corrected chi connectivity index (χ4v) is 3.15. The van der Waals surface area contributed by atoms with Crippen LogP contribution in [0.15, 0.2) is 43.5 Å². The smallest absolute Gasteiger partial charge is 0.326 e. The number of pyridine rings is 1. The highest BCUT2D eigenvalue weighted by Crippen LogP contribution is 2.27. The van der Waals surface area contributed by atoms with Crippen LogP contribution >= 0.6 is 0 Å². The van der Waals surface area contributed by atoms with Crippen LogP contribution < -0.4 is 4.74 Å². The molecule has 1 N–H and O–H groups in total. The van der Waals surface area contributed by atoms with Gasteiger partial charge in [0.05, 0.1) is 35.5 Å². The Hall–Kier alpha value is -3.49. The van der Waals surface area contributed by atoms with Gasteiger partial charge in [-0.15, -0.1) is 0 Å². The van der Waals surface area contributed by atoms with Crippen LogP contribution in [0.25, 0.3) is 10.9 Å². The molecule has 0 bridgehead atoms. The number of carbonyl (C=O) groups excluding carboxylic acids is 1. The van der Waals surface area contributed by atoms with E-state index in [1.807, 2.05) is 4.68 Å². The second-order valence-electron chi connectivity index (χ2n) is 6.24. The lowest BCUT2D eigenvalue weighted by Gasteiger charge is -2.31. The predicted molar refractivity (Wildman–Crippen MR) is 96.3 cm³/mol. The van der Waals surface area contributed by atoms with Gasteiger partial charge in [-0.25, -0.2) is 0 Å². The van der Waals surface area contributed by atoms with Gasteiger partial charge >= 0.3 is 6.01 Å². The van der Waals surface area contributed by atoms with Crippen molar-refractivity contribution in [3.8, 4) is 17.6 Å². The molecule has 0 aromatic carbocycles. The molecule has 4 heterocycles. The van der Waals surface area contributed by atoms with Crippen molar-refractivity contribution in [2.75, 3.05) is 13.1 Å². The van der Waals surface area contributed by atoms with Gasteiger partial charge in [0.15, 0.2) is 5.75 Å². The van der Waals surface area contributed by atoms with Gasteiger partial charge < -0.3 is 14.7 Å². The van der Waals surface area contributed by atoms with Gasteiger partial charge in [-0.1, -0.05) is 6.58 Å². The van der Waals surface area contributed by atoms with E-state index in [1.165, 1.54) is 12.3 Å². The van der Waals surface area contributed by atoms with Gasteiger partial charge in [-0.2, -0.15) is 15.1 Å². The van der Waals surface area contributed by atoms with E-state index in [-0.39, 0.29) is 23.8 Å². The molecule has 27 heavy (non-hydrogen) atoms. The summed E-state index contributed by atoms with van der Waals surface area (Å²) in [5.74, 6) is 0.270. The molecule has 9 heteroatoms. The summed E-state index contributed by atoms with van der Waals surface area (Å²) < 4.78 is 7.47. The van der Waals surface area contributed by atoms with Gasteiger partial charge in [-0.3, -0.25) is 14.5 Å². The maximum atomic E-state index is 11.7. The standard InChI is InChI=1S/C18H18N6O3/c1-2-16(25)23-7-4-12(5-8-23)24-11-13(9-20-24)27-18-21-15-10-19-6-3-14(15)17(26)22-18/h2-3,6,9-12H,1,4-5,7-8H2,(H,21,22,26). The molecule has 3 aromatic rings. The van der Waals surface area contributed by atoms with Crippen LogP contribution in [-0.4, -0.2) is 53.7 Å². The van der Waals surface area contributed by atoms with Crippen molar-refractivity contribution < 1.29 is 14.6 Å². The van der Waals surface area contributed by atoms with Crippen molar-refractivity contribution in [2.24, 2.45) is 0 Å². The normalized spacial score (nSPS) is 15.0. The average molecular weight is 366 g/mol. The Balaban J connectivity index is 1.46. The van der Waals surface area contributed by atoms with Gasteiger partial charge in [0.2, 0.25) is 11.8 Å². The number of nitrogens with zero attached hydrogens (tertiary/aromatic N) is 6. The molecule has 9 nitrogen and oxygen atoms in total. The van der Waals surface area contributed by atoms with E-state index in [2.05, 4.69) is 26.6 Å². The van der Waals surface area contributed by atoms with Gasteiger partial charge in [-0.05, 0) is 25.0 Å². The number of carbonyl (C=O) groups is 1. The molecular formula is C18H18N6O3. The zero-order chi connectivity index (χ0) is 18.8. The SMILES string of the molecule is C=CC(=O)N1CCC(n2cc(Oc3nc(O)c4ccncc4n3)cn2)CC1. The molecule has 1 fully saturated rings. The lowest BCUT2D eigenvalue weighted by atomic mass is 10.1. The molecule has 0 saturated carbocycles. The zero-order valence-electron chi connectivity index (χ0n) is 14.5. The maximum Gasteiger partial charge on any atom is 0.326 e. The van der Waals surface area contributed by atoms with E-state index in [0.717, 1.165) is 12.8 Å². The van der Waals surface area contributed by atoms with Crippen molar-refractivity contribution in [1.29, 1.82) is 0 Å². The Morgan fingerprint density at radius 3 is 2.89 bits per heavy atom. The Labute approximate surface area is 154 Å². The summed E-state index contributed by atoms with van der Waals surface area (Å²) in [6.07, 6.45) is 9.39. The van der Waals surface area contributed by atoms with Crippen LogP contribution in [0.3, 0.4) is 0 Å². The topological polar surface area (TPSA) is 106 Å². The molecule has 1 aliphatic rings. The summed E-state index contributed by atoms with van der Waals surface area (Å²) in [4.78, 5) is 25.6. The van der Waals surface area contributed by atoms with Crippen LogP contribution in [0.5, 0.6) is 17.6 Å². The Bertz CT molecular complexity index is 994. The number of ether oxygens (including phenoxy) is 1. The first-order chi connectivity index (χ1) is 13.1. The predicted octanol–water partition coefficient (Wildman–Crippen LogP) is 2.07. The molecule has 3 aromatic heterocycles. The van der Waals surface area contributed by atoms with Crippen molar-refractivity contribution in [1.82, 2.24) is 29.6 Å². The van der Waals surface area contributed by atoms with Crippen molar-refractivity contribution in [3.05, 3.63) is 43.5 Å². The third-order valence-electron chi connectivity index (χ3n) is 4.57. The van der Waals surface area contributed by atoms with Crippen molar-refractivity contribution >= 4 is 16.8 Å². The Morgan fingerprint density at radius 1 is 1.30 bits per heavy atom. The van der Waals surface area contributed by atoms with Gasteiger partial charge in [0, 0.05) is 19.3 Å². The summed E-state index contributed by atoms with van der Waals surface area (Å²) in [7, 11) is 0. The average Bonchev–Trinajstić information content (AvgIpc) is 3.16. The number of piperidine rings is 1. The molecule has 0 spiro atoms. The third kappa shape index (κ3) is 3.43. The quantitative estimate of drug-likeness (QED) is 0.705. The third-order valence-corrected chi connectivity index (χ3v) is 4.57. The molecule has 0 unspecified atom stereocenters. The number of rotatable bonds is 4. The molecule has 1 amide bonds. The number of amides is 1. The Morgan fingerprint density at radius 2 is 2.11 bits per heavy atom. The molecular weight excluding hydrogens is 348 g/mol. The first kappa shape index (κ1) is 17.0. The van der Waals surface area contributed by atoms with Gasteiger partial charge in [0.25, 0.3) is 0 Å². The molecule has 4 rings (SSSR count). The van der Waals surface area contributed by atoms with E-state index in [0.29, 0.717) is 29.7 Å². The first-order valence-corrected chi connectivity index (χ1v) is 8.58. The number of hydrogen-bond donors (Lipinski definition) is 1. The number of fused-ring (bicyclic) bond motifs is 1. The van der Waals surface area contributed by atoms with E-state index < -0.39 is 0 Å². The fraction of sp³-hybridized carbons (Fsp3) is 0.278. The summed E-state index contributed by atoms with van der Waals surface area (Å²) in [6, 6.07) is 1.85. The van der Waals surface area contributed by atoms with E-state index in [1.54, 1.807) is 29.6 Å². The summed E-state index contributed by atoms with van der Waals surface area (Å²) >= 11 is 0. The van der Waals surface area contributed by atoms with Gasteiger partial charge in [0.1, 0.15) is 0 Å². The highest BCUT2D eigenvalue weighted by Gasteiger charge is 2.23. The van der Waals surface area contributed by atoms with Crippen LogP contribution in [-0.2, 0) is 4.79 Å². The highest BCUT2D eigenvalue weighted by molar-refractivity contribution is 5.87. The van der Waals surface area contributed by atoms with Crippen LogP contribution in [0, 0.1) is 0 Å². The van der Waals surface area contributed by atoms with E-state index in [9.17, 15) is 9.90 Å². The minimum atomic E-state index is -0.163. The number of aromatic nitrogens is 5. The summed E-state index contributed by atoms with van der Waals surface area (Å²) in [5.41, 5.74) is 0.492. The van der Waals surface area contributed by atoms with Crippen molar-refractivity contribution in [2.45, 2.75) is 18.9 Å². The highest BCUT2D eigenvalue weighted by atomic mass is 16.5. The van der Waals surface area contributed by atoms with Crippen LogP contribution in [0.4, 0.5) is 0 Å². The van der Waals surface area contributed by atoms with E-state index in [4.69, 9.17) is 4.74 Å². The molecule has 0 aliphatic carbocycles. The van der Waals surface area contributed by atoms with Crippen LogP contribution in [0.1, 0.15) is 18.9 Å². The van der Waals surface area contributed by atoms with Crippen molar-refractivity contribution in [3.63, 3.8) is 0 Å². The molecule has 0 radical (unpaired) electrons. The summed E-state index contributed by atoms with van der Waals surface area (Å²) in [6.45, 7) is 4.86.